The van der Waals surface area contributed by atoms with Crippen LogP contribution in [0.5, 0.6) is 5.75 Å². The zero-order valence-corrected chi connectivity index (χ0v) is 13.1. The van der Waals surface area contributed by atoms with Gasteiger partial charge in [0.25, 0.3) is 0 Å². The largest absolute Gasteiger partial charge is 0.496 e. The molecule has 0 aliphatic heterocycles. The molecule has 20 heavy (non-hydrogen) atoms. The minimum atomic E-state index is -0.336. The van der Waals surface area contributed by atoms with Crippen molar-refractivity contribution in [2.45, 2.75) is 5.38 Å². The molecule has 0 aliphatic rings. The number of rotatable bonds is 3. The molecular weight excluding hydrogens is 340 g/mol. The summed E-state index contributed by atoms with van der Waals surface area (Å²) in [5.74, 6) is 1.56. The highest BCUT2D eigenvalue weighted by Crippen LogP contribution is 2.38. The Labute approximate surface area is 130 Å². The maximum atomic E-state index is 6.56. The summed E-state index contributed by atoms with van der Waals surface area (Å²) in [5.41, 5.74) is 1.00. The van der Waals surface area contributed by atoms with Crippen LogP contribution in [-0.2, 0) is 0 Å². The monoisotopic (exact) mass is 350 g/mol. The lowest BCUT2D eigenvalue weighted by Crippen LogP contribution is -1.94. The van der Waals surface area contributed by atoms with Gasteiger partial charge in [-0.15, -0.1) is 11.6 Å². The highest BCUT2D eigenvalue weighted by molar-refractivity contribution is 9.10. The molecule has 3 aromatic rings. The molecule has 2 nitrogen and oxygen atoms in total. The van der Waals surface area contributed by atoms with Crippen molar-refractivity contribution in [3.63, 3.8) is 0 Å². The van der Waals surface area contributed by atoms with Gasteiger partial charge < -0.3 is 9.15 Å². The van der Waals surface area contributed by atoms with Gasteiger partial charge in [-0.25, -0.2) is 0 Å². The molecule has 0 bridgehead atoms. The molecule has 0 amide bonds. The van der Waals surface area contributed by atoms with Gasteiger partial charge in [-0.3, -0.25) is 0 Å². The first-order valence-electron chi connectivity index (χ1n) is 6.15. The summed E-state index contributed by atoms with van der Waals surface area (Å²) >= 11 is 9.86. The van der Waals surface area contributed by atoms with Crippen molar-refractivity contribution in [1.29, 1.82) is 0 Å². The van der Waals surface area contributed by atoms with Crippen molar-refractivity contribution in [3.05, 3.63) is 64.5 Å². The van der Waals surface area contributed by atoms with Crippen LogP contribution in [0.1, 0.15) is 16.7 Å². The topological polar surface area (TPSA) is 22.4 Å². The van der Waals surface area contributed by atoms with Crippen LogP contribution in [-0.4, -0.2) is 7.11 Å². The average molecular weight is 352 g/mol. The number of furan rings is 1. The van der Waals surface area contributed by atoms with Gasteiger partial charge in [0.05, 0.1) is 7.11 Å². The average Bonchev–Trinajstić information content (AvgIpc) is 2.92. The van der Waals surface area contributed by atoms with E-state index in [4.69, 9.17) is 20.8 Å². The second-order valence-electron chi connectivity index (χ2n) is 4.41. The Morgan fingerprint density at radius 3 is 2.45 bits per heavy atom. The molecule has 1 heterocycles. The Bertz CT molecular complexity index is 751. The van der Waals surface area contributed by atoms with Crippen molar-refractivity contribution in [1.82, 2.24) is 0 Å². The number of fused-ring (bicyclic) bond motifs is 1. The predicted octanol–water partition coefficient (Wildman–Crippen LogP) is 5.53. The molecule has 102 valence electrons. The third kappa shape index (κ3) is 2.32. The molecule has 0 spiro atoms. The molecule has 0 fully saturated rings. The van der Waals surface area contributed by atoms with Crippen LogP contribution in [0, 0.1) is 0 Å². The highest BCUT2D eigenvalue weighted by atomic mass is 79.9. The van der Waals surface area contributed by atoms with Crippen molar-refractivity contribution < 1.29 is 9.15 Å². The van der Waals surface area contributed by atoms with Gasteiger partial charge in [-0.2, -0.15) is 0 Å². The van der Waals surface area contributed by atoms with E-state index in [1.54, 1.807) is 7.11 Å². The van der Waals surface area contributed by atoms with E-state index in [1.807, 2.05) is 48.5 Å². The molecule has 0 N–H and O–H groups in total. The Balaban J connectivity index is 2.17. The summed E-state index contributed by atoms with van der Waals surface area (Å²) in [7, 11) is 1.67. The van der Waals surface area contributed by atoms with Gasteiger partial charge in [-0.05, 0) is 45.1 Å². The fourth-order valence-corrected chi connectivity index (χ4v) is 2.94. The van der Waals surface area contributed by atoms with E-state index in [0.717, 1.165) is 22.1 Å². The van der Waals surface area contributed by atoms with Crippen LogP contribution in [0.15, 0.2) is 57.6 Å². The summed E-state index contributed by atoms with van der Waals surface area (Å²) < 4.78 is 11.6. The van der Waals surface area contributed by atoms with E-state index < -0.39 is 0 Å². The Morgan fingerprint density at radius 2 is 1.80 bits per heavy atom. The van der Waals surface area contributed by atoms with Crippen LogP contribution >= 0.6 is 27.5 Å². The van der Waals surface area contributed by atoms with E-state index in [1.165, 1.54) is 0 Å². The van der Waals surface area contributed by atoms with Crippen LogP contribution in [0.2, 0.25) is 0 Å². The molecular formula is C16H12BrClO2. The van der Waals surface area contributed by atoms with E-state index >= 15 is 0 Å². The van der Waals surface area contributed by atoms with Crippen LogP contribution in [0.4, 0.5) is 0 Å². The normalized spacial score (nSPS) is 12.6. The van der Waals surface area contributed by atoms with Crippen LogP contribution < -0.4 is 4.74 Å². The van der Waals surface area contributed by atoms with Gasteiger partial charge in [0.15, 0.2) is 4.67 Å². The Kier molecular flexibility index (Phi) is 3.72. The highest BCUT2D eigenvalue weighted by Gasteiger charge is 2.18. The SMILES string of the molecule is COc1ccc(C(Cl)c2ccc(Br)o2)c2ccccc12. The molecule has 3 rings (SSSR count). The molecule has 0 saturated carbocycles. The molecule has 1 aromatic heterocycles. The van der Waals surface area contributed by atoms with Gasteiger partial charge in [0, 0.05) is 5.39 Å². The molecule has 1 atom stereocenters. The molecule has 4 heteroatoms. The van der Waals surface area contributed by atoms with Crippen molar-refractivity contribution in [2.75, 3.05) is 7.11 Å². The number of hydrogen-bond donors (Lipinski definition) is 0. The summed E-state index contributed by atoms with van der Waals surface area (Å²) in [6.45, 7) is 0. The smallest absolute Gasteiger partial charge is 0.169 e. The maximum Gasteiger partial charge on any atom is 0.169 e. The third-order valence-corrected chi connectivity index (χ3v) is 4.13. The number of hydrogen-bond acceptors (Lipinski definition) is 2. The fourth-order valence-electron chi connectivity index (χ4n) is 2.31. The number of alkyl halides is 1. The maximum absolute atomic E-state index is 6.56. The van der Waals surface area contributed by atoms with E-state index in [-0.39, 0.29) is 5.38 Å². The predicted molar refractivity (Wildman–Crippen MR) is 84.6 cm³/mol. The second-order valence-corrected chi connectivity index (χ2v) is 5.63. The first-order chi connectivity index (χ1) is 9.70. The fraction of sp³-hybridized carbons (Fsp3) is 0.125. The molecule has 0 radical (unpaired) electrons. The first kappa shape index (κ1) is 13.5. The minimum Gasteiger partial charge on any atom is -0.496 e. The second kappa shape index (κ2) is 5.51. The zero-order valence-electron chi connectivity index (χ0n) is 10.8. The van der Waals surface area contributed by atoms with Gasteiger partial charge in [-0.1, -0.05) is 30.3 Å². The quantitative estimate of drug-likeness (QED) is 0.579. The standard InChI is InChI=1S/C16H12BrClO2/c1-19-13-7-6-12(10-4-2-3-5-11(10)13)16(18)14-8-9-15(17)20-14/h2-9,16H,1H3. The molecule has 0 saturated heterocycles. The Hall–Kier alpha value is -1.45. The number of benzene rings is 2. The van der Waals surface area contributed by atoms with E-state index in [9.17, 15) is 0 Å². The Morgan fingerprint density at radius 1 is 1.05 bits per heavy atom. The van der Waals surface area contributed by atoms with E-state index in [0.29, 0.717) is 10.4 Å². The summed E-state index contributed by atoms with van der Waals surface area (Å²) in [6, 6.07) is 15.7. The van der Waals surface area contributed by atoms with Crippen molar-refractivity contribution in [2.24, 2.45) is 0 Å². The van der Waals surface area contributed by atoms with Crippen molar-refractivity contribution >= 4 is 38.3 Å². The van der Waals surface area contributed by atoms with E-state index in [2.05, 4.69) is 15.9 Å². The van der Waals surface area contributed by atoms with Gasteiger partial charge in [0.2, 0.25) is 0 Å². The molecule has 0 aliphatic carbocycles. The summed E-state index contributed by atoms with van der Waals surface area (Å²) in [6.07, 6.45) is 0. The summed E-state index contributed by atoms with van der Waals surface area (Å²) in [5, 5.41) is 1.78. The number of ether oxygens (including phenoxy) is 1. The lowest BCUT2D eigenvalue weighted by atomic mass is 10.00. The molecule has 2 aromatic carbocycles. The van der Waals surface area contributed by atoms with Crippen LogP contribution in [0.3, 0.4) is 0 Å². The van der Waals surface area contributed by atoms with Crippen LogP contribution in [0.25, 0.3) is 10.8 Å². The lowest BCUT2D eigenvalue weighted by molar-refractivity contribution is 0.419. The van der Waals surface area contributed by atoms with Crippen molar-refractivity contribution in [3.8, 4) is 5.75 Å². The molecule has 1 unspecified atom stereocenters. The zero-order chi connectivity index (χ0) is 14.1. The first-order valence-corrected chi connectivity index (χ1v) is 7.38. The third-order valence-electron chi connectivity index (χ3n) is 3.25. The summed E-state index contributed by atoms with van der Waals surface area (Å²) in [4.78, 5) is 0. The number of halogens is 2. The van der Waals surface area contributed by atoms with Gasteiger partial charge in [0.1, 0.15) is 16.9 Å². The number of methoxy groups -OCH3 is 1. The lowest BCUT2D eigenvalue weighted by Gasteiger charge is -2.13. The minimum absolute atomic E-state index is 0.336. The van der Waals surface area contributed by atoms with Gasteiger partial charge >= 0.3 is 0 Å².